The molecule has 1 amide bonds. The van der Waals surface area contributed by atoms with E-state index >= 15 is 0 Å². The molecule has 0 saturated carbocycles. The first kappa shape index (κ1) is 22.3. The number of fused-ring (bicyclic) bond motifs is 1. The summed E-state index contributed by atoms with van der Waals surface area (Å²) in [5.41, 5.74) is 2.01. The van der Waals surface area contributed by atoms with E-state index in [-0.39, 0.29) is 17.9 Å². The molecule has 172 valence electrons. The van der Waals surface area contributed by atoms with E-state index in [9.17, 15) is 14.7 Å². The summed E-state index contributed by atoms with van der Waals surface area (Å²) in [6.07, 6.45) is 0. The van der Waals surface area contributed by atoms with Crippen molar-refractivity contribution in [2.45, 2.75) is 19.5 Å². The molecule has 1 unspecified atom stereocenters. The van der Waals surface area contributed by atoms with Gasteiger partial charge in [-0.3, -0.25) is 9.59 Å². The molecule has 1 atom stereocenters. The summed E-state index contributed by atoms with van der Waals surface area (Å²) in [5.74, 6) is -1.36. The van der Waals surface area contributed by atoms with E-state index < -0.39 is 23.5 Å². The molecule has 5 rings (SSSR count). The Morgan fingerprint density at radius 3 is 2.71 bits per heavy atom. The molecule has 34 heavy (non-hydrogen) atoms. The molecule has 1 aliphatic heterocycles. The zero-order valence-electron chi connectivity index (χ0n) is 18.4. The maximum atomic E-state index is 13.7. The largest absolute Gasteiger partial charge is 0.503 e. The molecule has 3 heterocycles. The van der Waals surface area contributed by atoms with E-state index in [2.05, 4.69) is 0 Å². The van der Waals surface area contributed by atoms with Gasteiger partial charge in [0.05, 0.1) is 25.3 Å². The average Bonchev–Trinajstić information content (AvgIpc) is 3.54. The predicted octanol–water partition coefficient (Wildman–Crippen LogP) is 6.24. The van der Waals surface area contributed by atoms with Crippen molar-refractivity contribution in [3.8, 4) is 5.75 Å². The molecule has 2 aromatic carbocycles. The van der Waals surface area contributed by atoms with E-state index in [0.29, 0.717) is 21.7 Å². The minimum absolute atomic E-state index is 0.0125. The van der Waals surface area contributed by atoms with Crippen molar-refractivity contribution >= 4 is 45.6 Å². The lowest BCUT2D eigenvalue weighted by Crippen LogP contribution is -2.30. The highest BCUT2D eigenvalue weighted by molar-refractivity contribution is 7.09. The van der Waals surface area contributed by atoms with Crippen LogP contribution in [0, 0.1) is 6.92 Å². The molecular weight excluding hydrogens is 474 g/mol. The van der Waals surface area contributed by atoms with Crippen LogP contribution < -0.4 is 4.74 Å². The minimum Gasteiger partial charge on any atom is -0.503 e. The topological polar surface area (TPSA) is 80.0 Å². The van der Waals surface area contributed by atoms with E-state index in [4.69, 9.17) is 20.8 Å². The van der Waals surface area contributed by atoms with Gasteiger partial charge >= 0.3 is 0 Å². The van der Waals surface area contributed by atoms with Crippen molar-refractivity contribution in [3.63, 3.8) is 0 Å². The first-order valence-corrected chi connectivity index (χ1v) is 11.8. The van der Waals surface area contributed by atoms with Crippen molar-refractivity contribution in [1.82, 2.24) is 4.90 Å². The van der Waals surface area contributed by atoms with Crippen LogP contribution in [0.1, 0.15) is 32.6 Å². The second-order valence-corrected chi connectivity index (χ2v) is 9.47. The third-order valence-corrected chi connectivity index (χ3v) is 7.01. The van der Waals surface area contributed by atoms with E-state index in [1.807, 2.05) is 48.7 Å². The third-order valence-electron chi connectivity index (χ3n) is 5.93. The highest BCUT2D eigenvalue weighted by Gasteiger charge is 2.45. The van der Waals surface area contributed by atoms with Crippen LogP contribution >= 0.6 is 22.9 Å². The van der Waals surface area contributed by atoms with Crippen molar-refractivity contribution in [2.75, 3.05) is 7.11 Å². The Hall–Kier alpha value is -3.55. The van der Waals surface area contributed by atoms with Crippen LogP contribution in [0.3, 0.4) is 0 Å². The molecule has 0 aliphatic carbocycles. The van der Waals surface area contributed by atoms with Gasteiger partial charge in [0.2, 0.25) is 5.78 Å². The molecule has 0 spiro atoms. The average molecular weight is 494 g/mol. The van der Waals surface area contributed by atoms with Crippen LogP contribution in [0.15, 0.2) is 75.7 Å². The molecular formula is C26H20ClNO5S. The summed E-state index contributed by atoms with van der Waals surface area (Å²) < 4.78 is 11.2. The summed E-state index contributed by atoms with van der Waals surface area (Å²) in [7, 11) is 1.48. The monoisotopic (exact) mass is 493 g/mol. The molecule has 1 N–H and O–H groups in total. The fourth-order valence-corrected chi connectivity index (χ4v) is 5.24. The van der Waals surface area contributed by atoms with Gasteiger partial charge in [-0.15, -0.1) is 11.3 Å². The molecule has 8 heteroatoms. The lowest BCUT2D eigenvalue weighted by atomic mass is 9.92. The van der Waals surface area contributed by atoms with E-state index in [1.54, 1.807) is 18.2 Å². The number of ketones is 1. The Kier molecular flexibility index (Phi) is 5.67. The van der Waals surface area contributed by atoms with Crippen molar-refractivity contribution in [2.24, 2.45) is 0 Å². The van der Waals surface area contributed by atoms with E-state index in [1.165, 1.54) is 23.3 Å². The molecule has 0 bridgehead atoms. The number of amides is 1. The number of hydrogen-bond donors (Lipinski definition) is 1. The number of furan rings is 1. The number of carbonyl (C=O) groups is 2. The van der Waals surface area contributed by atoms with Gasteiger partial charge in [-0.25, -0.2) is 0 Å². The molecule has 0 radical (unpaired) electrons. The SMILES string of the molecule is COc1cc(Cl)cc2cc(C(=O)C3=C(O)C(=O)N(Cc4cccs4)C3c3ccccc3C)oc12. The number of halogens is 1. The van der Waals surface area contributed by atoms with Crippen LogP contribution in [0.25, 0.3) is 11.0 Å². The highest BCUT2D eigenvalue weighted by Crippen LogP contribution is 2.42. The normalized spacial score (nSPS) is 16.0. The molecule has 1 aliphatic rings. The molecule has 0 saturated heterocycles. The standard InChI is InChI=1S/C26H20ClNO5S/c1-14-6-3-4-8-18(14)22-21(24(30)26(31)28(22)13-17-7-5-9-34-17)23(29)19-11-15-10-16(27)12-20(32-2)25(15)33-19/h3-12,22,30H,13H2,1-2H3. The van der Waals surface area contributed by atoms with Gasteiger partial charge in [0.15, 0.2) is 22.9 Å². The number of benzene rings is 2. The Labute approximate surface area is 204 Å². The summed E-state index contributed by atoms with van der Waals surface area (Å²) in [5, 5.41) is 13.9. The van der Waals surface area contributed by atoms with Crippen LogP contribution in [-0.4, -0.2) is 28.8 Å². The lowest BCUT2D eigenvalue weighted by molar-refractivity contribution is -0.130. The molecule has 6 nitrogen and oxygen atoms in total. The quantitative estimate of drug-likeness (QED) is 0.321. The van der Waals surface area contributed by atoms with Gasteiger partial charge in [0.25, 0.3) is 5.91 Å². The van der Waals surface area contributed by atoms with Gasteiger partial charge < -0.3 is 19.2 Å². The smallest absolute Gasteiger partial charge is 0.290 e. The first-order chi connectivity index (χ1) is 16.4. The number of aryl methyl sites for hydroxylation is 1. The Morgan fingerprint density at radius 2 is 2.00 bits per heavy atom. The van der Waals surface area contributed by atoms with Gasteiger partial charge in [0.1, 0.15) is 0 Å². The summed E-state index contributed by atoms with van der Waals surface area (Å²) in [6.45, 7) is 2.18. The summed E-state index contributed by atoms with van der Waals surface area (Å²) in [4.78, 5) is 29.4. The maximum Gasteiger partial charge on any atom is 0.290 e. The summed E-state index contributed by atoms with van der Waals surface area (Å²) in [6, 6.07) is 15.4. The highest BCUT2D eigenvalue weighted by atomic mass is 35.5. The number of aliphatic hydroxyl groups excluding tert-OH is 1. The zero-order chi connectivity index (χ0) is 24.0. The van der Waals surface area contributed by atoms with Gasteiger partial charge in [-0.1, -0.05) is 41.9 Å². The number of hydrogen-bond acceptors (Lipinski definition) is 6. The van der Waals surface area contributed by atoms with Gasteiger partial charge in [-0.2, -0.15) is 0 Å². The van der Waals surface area contributed by atoms with E-state index in [0.717, 1.165) is 16.0 Å². The number of ether oxygens (including phenoxy) is 1. The number of rotatable bonds is 6. The van der Waals surface area contributed by atoms with Crippen LogP contribution in [0.2, 0.25) is 5.02 Å². The first-order valence-electron chi connectivity index (χ1n) is 10.5. The summed E-state index contributed by atoms with van der Waals surface area (Å²) >= 11 is 7.67. The Balaban J connectivity index is 1.63. The minimum atomic E-state index is -0.762. The van der Waals surface area contributed by atoms with Gasteiger partial charge in [-0.05, 0) is 41.6 Å². The number of thiophene rings is 1. The second kappa shape index (κ2) is 8.66. The Morgan fingerprint density at radius 1 is 1.21 bits per heavy atom. The van der Waals surface area contributed by atoms with Gasteiger partial charge in [0, 0.05) is 21.4 Å². The number of Topliss-reactive ketones (excluding diaryl/α,β-unsaturated/α-hetero) is 1. The fourth-order valence-electron chi connectivity index (χ4n) is 4.32. The number of aliphatic hydroxyl groups is 1. The van der Waals surface area contributed by atoms with Crippen molar-refractivity contribution in [3.05, 3.63) is 98.1 Å². The van der Waals surface area contributed by atoms with Crippen molar-refractivity contribution in [1.29, 1.82) is 0 Å². The van der Waals surface area contributed by atoms with Crippen LogP contribution in [0.5, 0.6) is 5.75 Å². The lowest BCUT2D eigenvalue weighted by Gasteiger charge is -2.27. The number of nitrogens with zero attached hydrogens (tertiary/aromatic N) is 1. The molecule has 4 aromatic rings. The van der Waals surface area contributed by atoms with Crippen LogP contribution in [-0.2, 0) is 11.3 Å². The molecule has 0 fully saturated rings. The van der Waals surface area contributed by atoms with Crippen LogP contribution in [0.4, 0.5) is 0 Å². The molecule has 2 aromatic heterocycles. The third kappa shape index (κ3) is 3.67. The predicted molar refractivity (Wildman–Crippen MR) is 131 cm³/mol. The maximum absolute atomic E-state index is 13.7. The Bertz CT molecular complexity index is 1450. The number of carbonyl (C=O) groups excluding carboxylic acids is 2. The fraction of sp³-hybridized carbons (Fsp3) is 0.154. The van der Waals surface area contributed by atoms with Crippen molar-refractivity contribution < 1.29 is 23.8 Å². The number of methoxy groups -OCH3 is 1. The second-order valence-electron chi connectivity index (χ2n) is 8.00. The zero-order valence-corrected chi connectivity index (χ0v) is 19.9.